The number of aromatic carboxylic acids is 1. The minimum absolute atomic E-state index is 0.181. The number of carboxylic acid groups (broad SMARTS) is 1. The van der Waals surface area contributed by atoms with E-state index in [1.54, 1.807) is 6.07 Å². The molecule has 6 heteroatoms. The van der Waals surface area contributed by atoms with E-state index in [2.05, 4.69) is 10.3 Å². The number of carboxylic acids is 1. The van der Waals surface area contributed by atoms with Crippen LogP contribution in [0, 0.1) is 0 Å². The van der Waals surface area contributed by atoms with Crippen molar-refractivity contribution in [1.29, 1.82) is 0 Å². The first-order valence-electron chi connectivity index (χ1n) is 5.37. The Morgan fingerprint density at radius 2 is 2.29 bits per heavy atom. The second-order valence-corrected chi connectivity index (χ2v) is 5.32. The van der Waals surface area contributed by atoms with Crippen LogP contribution in [0.5, 0.6) is 0 Å². The fraction of sp³-hybridized carbons (Fsp3) is 0.455. The summed E-state index contributed by atoms with van der Waals surface area (Å²) in [6.07, 6.45) is 1.34. The molecule has 5 nitrogen and oxygen atoms in total. The average Bonchev–Trinajstić information content (AvgIpc) is 2.34. The molecule has 0 saturated heterocycles. The van der Waals surface area contributed by atoms with Gasteiger partial charge in [-0.05, 0) is 12.1 Å². The molecule has 2 N–H and O–H groups in total. The average molecular weight is 256 g/mol. The highest BCUT2D eigenvalue weighted by atomic mass is 32.2. The predicted octanol–water partition coefficient (Wildman–Crippen LogP) is 0.638. The quantitative estimate of drug-likeness (QED) is 0.700. The molecule has 0 radical (unpaired) electrons. The highest BCUT2D eigenvalue weighted by Crippen LogP contribution is 1.99. The predicted molar refractivity (Wildman–Crippen MR) is 66.5 cm³/mol. The highest BCUT2D eigenvalue weighted by Gasteiger charge is 2.02. The molecule has 0 bridgehead atoms. The second kappa shape index (κ2) is 7.13. The van der Waals surface area contributed by atoms with E-state index in [1.165, 1.54) is 12.3 Å². The van der Waals surface area contributed by atoms with E-state index in [4.69, 9.17) is 5.11 Å². The summed E-state index contributed by atoms with van der Waals surface area (Å²) in [5.41, 5.74) is 0.957. The summed E-state index contributed by atoms with van der Waals surface area (Å²) in [4.78, 5) is 14.6. The van der Waals surface area contributed by atoms with Gasteiger partial charge in [0, 0.05) is 41.6 Å². The van der Waals surface area contributed by atoms with Gasteiger partial charge < -0.3 is 10.4 Å². The maximum atomic E-state index is 11.1. The van der Waals surface area contributed by atoms with E-state index >= 15 is 0 Å². The van der Waals surface area contributed by atoms with Gasteiger partial charge in [0.1, 0.15) is 0 Å². The molecule has 0 spiro atoms. The molecule has 17 heavy (non-hydrogen) atoms. The fourth-order valence-electron chi connectivity index (χ4n) is 1.20. The second-order valence-electron chi connectivity index (χ2n) is 3.45. The standard InChI is InChI=1S/C11H16N2O3S/c1-2-17(16)6-5-12-8-10-4-3-9(7-13-10)11(14)15/h3-4,7,12H,2,5-6,8H2,1H3,(H,14,15). The first kappa shape index (κ1) is 13.8. The first-order valence-corrected chi connectivity index (χ1v) is 6.86. The maximum Gasteiger partial charge on any atom is 0.337 e. The molecule has 1 unspecified atom stereocenters. The molecule has 1 heterocycles. The number of nitrogens with zero attached hydrogens (tertiary/aromatic N) is 1. The zero-order valence-corrected chi connectivity index (χ0v) is 10.5. The molecule has 0 fully saturated rings. The van der Waals surface area contributed by atoms with Gasteiger partial charge in [0.25, 0.3) is 0 Å². The molecule has 0 aliphatic carbocycles. The summed E-state index contributed by atoms with van der Waals surface area (Å²) in [6.45, 7) is 3.12. The molecule has 0 amide bonds. The third-order valence-corrected chi connectivity index (χ3v) is 3.51. The van der Waals surface area contributed by atoms with Gasteiger partial charge in [0.15, 0.2) is 0 Å². The summed E-state index contributed by atoms with van der Waals surface area (Å²) >= 11 is 0. The molecular formula is C11H16N2O3S. The fourth-order valence-corrected chi connectivity index (χ4v) is 1.86. The monoisotopic (exact) mass is 256 g/mol. The highest BCUT2D eigenvalue weighted by molar-refractivity contribution is 7.84. The van der Waals surface area contributed by atoms with Crippen LogP contribution in [-0.2, 0) is 17.3 Å². The van der Waals surface area contributed by atoms with Crippen LogP contribution in [0.2, 0.25) is 0 Å². The largest absolute Gasteiger partial charge is 0.478 e. The lowest BCUT2D eigenvalue weighted by molar-refractivity contribution is 0.0696. The number of carbonyl (C=O) groups is 1. The smallest absolute Gasteiger partial charge is 0.337 e. The molecular weight excluding hydrogens is 240 g/mol. The number of pyridine rings is 1. The first-order chi connectivity index (χ1) is 8.13. The number of nitrogens with one attached hydrogen (secondary N) is 1. The third-order valence-electron chi connectivity index (χ3n) is 2.21. The van der Waals surface area contributed by atoms with Crippen molar-refractivity contribution in [3.8, 4) is 0 Å². The van der Waals surface area contributed by atoms with Crippen molar-refractivity contribution in [2.24, 2.45) is 0 Å². The van der Waals surface area contributed by atoms with Crippen LogP contribution < -0.4 is 5.32 Å². The molecule has 1 aromatic heterocycles. The zero-order chi connectivity index (χ0) is 12.7. The van der Waals surface area contributed by atoms with Crippen molar-refractivity contribution < 1.29 is 14.1 Å². The molecule has 94 valence electrons. The molecule has 1 atom stereocenters. The van der Waals surface area contributed by atoms with Crippen molar-refractivity contribution >= 4 is 16.8 Å². The van der Waals surface area contributed by atoms with Crippen LogP contribution >= 0.6 is 0 Å². The summed E-state index contributed by atoms with van der Waals surface area (Å²) in [5.74, 6) is 0.326. The van der Waals surface area contributed by atoms with E-state index in [9.17, 15) is 9.00 Å². The Balaban J connectivity index is 2.32. The topological polar surface area (TPSA) is 79.3 Å². The normalized spacial score (nSPS) is 12.3. The SMILES string of the molecule is CCS(=O)CCNCc1ccc(C(=O)O)cn1. The molecule has 1 aromatic rings. The Morgan fingerprint density at radius 1 is 1.53 bits per heavy atom. The van der Waals surface area contributed by atoms with E-state index < -0.39 is 16.8 Å². The van der Waals surface area contributed by atoms with Crippen LogP contribution in [0.4, 0.5) is 0 Å². The van der Waals surface area contributed by atoms with Crippen LogP contribution in [0.3, 0.4) is 0 Å². The Hall–Kier alpha value is -1.27. The lowest BCUT2D eigenvalue weighted by Crippen LogP contribution is -2.21. The maximum absolute atomic E-state index is 11.1. The number of hydrogen-bond acceptors (Lipinski definition) is 4. The molecule has 0 saturated carbocycles. The van der Waals surface area contributed by atoms with Gasteiger partial charge in [-0.25, -0.2) is 4.79 Å². The van der Waals surface area contributed by atoms with Crippen molar-refractivity contribution in [2.75, 3.05) is 18.1 Å². The summed E-state index contributed by atoms with van der Waals surface area (Å²) in [7, 11) is -0.755. The van der Waals surface area contributed by atoms with Gasteiger partial charge in [0.05, 0.1) is 11.3 Å². The molecule has 1 rings (SSSR count). The van der Waals surface area contributed by atoms with E-state index in [0.717, 1.165) is 5.69 Å². The van der Waals surface area contributed by atoms with Crippen molar-refractivity contribution in [3.05, 3.63) is 29.6 Å². The van der Waals surface area contributed by atoms with E-state index in [-0.39, 0.29) is 5.56 Å². The van der Waals surface area contributed by atoms with Gasteiger partial charge in [-0.15, -0.1) is 0 Å². The third kappa shape index (κ3) is 5.06. The Morgan fingerprint density at radius 3 is 2.82 bits per heavy atom. The summed E-state index contributed by atoms with van der Waals surface area (Å²) < 4.78 is 11.1. The van der Waals surface area contributed by atoms with Crippen molar-refractivity contribution in [1.82, 2.24) is 10.3 Å². The lowest BCUT2D eigenvalue weighted by Gasteiger charge is -2.04. The van der Waals surface area contributed by atoms with Crippen molar-refractivity contribution in [3.63, 3.8) is 0 Å². The molecule has 0 aromatic carbocycles. The minimum atomic E-state index is -0.977. The van der Waals surface area contributed by atoms with Crippen LogP contribution in [-0.4, -0.2) is 38.3 Å². The number of aromatic nitrogens is 1. The van der Waals surface area contributed by atoms with Gasteiger partial charge in [-0.2, -0.15) is 0 Å². The Kier molecular flexibility index (Phi) is 5.79. The van der Waals surface area contributed by atoms with Gasteiger partial charge in [-0.3, -0.25) is 9.19 Å². The van der Waals surface area contributed by atoms with Gasteiger partial charge >= 0.3 is 5.97 Å². The van der Waals surface area contributed by atoms with E-state index in [0.29, 0.717) is 24.6 Å². The van der Waals surface area contributed by atoms with Crippen LogP contribution in [0.1, 0.15) is 23.0 Å². The van der Waals surface area contributed by atoms with Crippen LogP contribution in [0.25, 0.3) is 0 Å². The van der Waals surface area contributed by atoms with E-state index in [1.807, 2.05) is 6.92 Å². The molecule has 0 aliphatic heterocycles. The van der Waals surface area contributed by atoms with Crippen LogP contribution in [0.15, 0.2) is 18.3 Å². The number of rotatable bonds is 7. The van der Waals surface area contributed by atoms with Crippen molar-refractivity contribution in [2.45, 2.75) is 13.5 Å². The zero-order valence-electron chi connectivity index (χ0n) is 9.68. The van der Waals surface area contributed by atoms with Gasteiger partial charge in [0.2, 0.25) is 0 Å². The van der Waals surface area contributed by atoms with Gasteiger partial charge in [-0.1, -0.05) is 6.92 Å². The minimum Gasteiger partial charge on any atom is -0.478 e. The lowest BCUT2D eigenvalue weighted by atomic mass is 10.2. The Labute approximate surface area is 103 Å². The Bertz CT molecular complexity index is 392. The summed E-state index contributed by atoms with van der Waals surface area (Å²) in [5, 5.41) is 11.8. The molecule has 0 aliphatic rings. The number of hydrogen-bond donors (Lipinski definition) is 2. The summed E-state index contributed by atoms with van der Waals surface area (Å²) in [6, 6.07) is 3.20.